The van der Waals surface area contributed by atoms with E-state index in [4.69, 9.17) is 18.9 Å². The van der Waals surface area contributed by atoms with E-state index in [1.54, 1.807) is 12.1 Å². The van der Waals surface area contributed by atoms with Crippen LogP contribution in [0.15, 0.2) is 60.6 Å². The second-order valence-corrected chi connectivity index (χ2v) is 12.6. The van der Waals surface area contributed by atoms with Crippen LogP contribution in [0.2, 0.25) is 0 Å². The van der Waals surface area contributed by atoms with Gasteiger partial charge in [-0.2, -0.15) is 0 Å². The summed E-state index contributed by atoms with van der Waals surface area (Å²) in [5.74, 6) is -1.26. The zero-order chi connectivity index (χ0) is 28.0. The number of fused-ring (bicyclic) bond motifs is 6. The van der Waals surface area contributed by atoms with Crippen molar-refractivity contribution in [3.8, 4) is 23.0 Å². The minimum absolute atomic E-state index is 0.0692. The molecule has 40 heavy (non-hydrogen) atoms. The van der Waals surface area contributed by atoms with Crippen molar-refractivity contribution in [3.63, 3.8) is 0 Å². The Labute approximate surface area is 235 Å². The van der Waals surface area contributed by atoms with Crippen molar-refractivity contribution >= 4 is 39.4 Å². The fraction of sp³-hybridized carbons (Fsp3) is 0.296. The number of ether oxygens (including phenoxy) is 4. The molecule has 6 heterocycles. The van der Waals surface area contributed by atoms with Gasteiger partial charge in [0.1, 0.15) is 18.2 Å². The second-order valence-electron chi connectivity index (χ2n) is 9.93. The Hall–Kier alpha value is -3.81. The molecule has 2 spiro atoms. The SMILES string of the molecule is COc1ccc2cc1Oc1cc(ccc1O)C[C@]13SS[C@@]4(C(=O)N1C)[C@H](O)C1=COC=C[C@H](OC2=O)[C@H]1N4C3=O. The summed E-state index contributed by atoms with van der Waals surface area (Å²) in [6.07, 6.45) is 1.68. The van der Waals surface area contributed by atoms with E-state index < -0.39 is 45.8 Å². The molecule has 2 aromatic carbocycles. The molecule has 2 aromatic rings. The summed E-state index contributed by atoms with van der Waals surface area (Å²) in [5, 5.41) is 22.1. The fourth-order valence-electron chi connectivity index (χ4n) is 5.82. The van der Waals surface area contributed by atoms with E-state index in [2.05, 4.69) is 0 Å². The topological polar surface area (TPSA) is 135 Å². The minimum Gasteiger partial charge on any atom is -0.504 e. The van der Waals surface area contributed by atoms with Crippen LogP contribution in [0.1, 0.15) is 15.9 Å². The first-order chi connectivity index (χ1) is 19.2. The fourth-order valence-corrected chi connectivity index (χ4v) is 9.63. The molecular weight excluding hydrogens is 560 g/mol. The number of hydrogen-bond acceptors (Lipinski definition) is 11. The number of aliphatic hydroxyl groups excluding tert-OH is 1. The molecule has 2 N–H and O–H groups in total. The number of nitrogens with zero attached hydrogens (tertiary/aromatic N) is 2. The number of rotatable bonds is 1. The van der Waals surface area contributed by atoms with Crippen LogP contribution in [0, 0.1) is 0 Å². The van der Waals surface area contributed by atoms with Gasteiger partial charge in [-0.3, -0.25) is 9.59 Å². The van der Waals surface area contributed by atoms with Crippen LogP contribution in [0.3, 0.4) is 0 Å². The first-order valence-corrected chi connectivity index (χ1v) is 14.4. The zero-order valence-electron chi connectivity index (χ0n) is 21.1. The van der Waals surface area contributed by atoms with E-state index in [9.17, 15) is 24.6 Å². The largest absolute Gasteiger partial charge is 0.504 e. The van der Waals surface area contributed by atoms with E-state index in [1.165, 1.54) is 77.6 Å². The second kappa shape index (κ2) is 8.59. The third-order valence-corrected chi connectivity index (χ3v) is 11.5. The maximum atomic E-state index is 14.5. The van der Waals surface area contributed by atoms with E-state index in [0.717, 1.165) is 10.8 Å². The van der Waals surface area contributed by atoms with E-state index >= 15 is 0 Å². The average Bonchev–Trinajstić information content (AvgIpc) is 3.05. The summed E-state index contributed by atoms with van der Waals surface area (Å²) in [5.41, 5.74) is 0.970. The van der Waals surface area contributed by atoms with Gasteiger partial charge in [0.2, 0.25) is 4.87 Å². The highest BCUT2D eigenvalue weighted by atomic mass is 33.1. The zero-order valence-corrected chi connectivity index (χ0v) is 22.7. The maximum absolute atomic E-state index is 14.5. The Balaban J connectivity index is 1.46. The number of esters is 1. The number of piperazine rings is 1. The molecule has 6 aliphatic heterocycles. The molecule has 0 aliphatic carbocycles. The van der Waals surface area contributed by atoms with Gasteiger partial charge in [0, 0.05) is 19.0 Å². The van der Waals surface area contributed by atoms with Crippen LogP contribution in [0.4, 0.5) is 0 Å². The number of methoxy groups -OCH3 is 1. The highest BCUT2D eigenvalue weighted by molar-refractivity contribution is 8.78. The van der Waals surface area contributed by atoms with Gasteiger partial charge < -0.3 is 39.0 Å². The average molecular weight is 583 g/mol. The van der Waals surface area contributed by atoms with Gasteiger partial charge in [-0.25, -0.2) is 4.79 Å². The van der Waals surface area contributed by atoms with Gasteiger partial charge in [-0.05, 0) is 52.8 Å². The Morgan fingerprint density at radius 2 is 1.90 bits per heavy atom. The van der Waals surface area contributed by atoms with Gasteiger partial charge in [0.15, 0.2) is 27.9 Å². The molecule has 206 valence electrons. The van der Waals surface area contributed by atoms with Crippen molar-refractivity contribution in [2.75, 3.05) is 14.2 Å². The monoisotopic (exact) mass is 582 g/mol. The third-order valence-electron chi connectivity index (χ3n) is 7.87. The van der Waals surface area contributed by atoms with Crippen LogP contribution in [0.5, 0.6) is 23.0 Å². The molecule has 2 amide bonds. The summed E-state index contributed by atoms with van der Waals surface area (Å²) < 4.78 is 22.8. The standard InChI is InChI=1S/C27H22N2O9S2/c1-28-25(34)27-22(31)15-12-36-8-7-18-21(15)29(27)24(33)26(28,39-40-27)11-13-3-5-16(30)19(9-13)37-20-10-14(23(32)38-18)4-6-17(20)35-2/h3-10,12,18,21-22,30-31H,11H2,1-2H3/t18-,21-,22+,26+,27+/m0/s1. The van der Waals surface area contributed by atoms with Crippen molar-refractivity contribution in [2.24, 2.45) is 0 Å². The van der Waals surface area contributed by atoms with Gasteiger partial charge in [-0.1, -0.05) is 16.9 Å². The number of carbonyl (C=O) groups is 3. The Kier molecular flexibility index (Phi) is 5.41. The van der Waals surface area contributed by atoms with E-state index in [1.807, 2.05) is 0 Å². The lowest BCUT2D eigenvalue weighted by Gasteiger charge is -2.59. The Morgan fingerprint density at radius 3 is 2.70 bits per heavy atom. The van der Waals surface area contributed by atoms with Gasteiger partial charge in [-0.15, -0.1) is 0 Å². The lowest BCUT2D eigenvalue weighted by molar-refractivity contribution is -0.169. The van der Waals surface area contributed by atoms with Gasteiger partial charge in [0.05, 0.1) is 25.2 Å². The number of carbonyl (C=O) groups excluding carboxylic acids is 3. The summed E-state index contributed by atoms with van der Waals surface area (Å²) in [6.45, 7) is 0. The molecule has 7 bridgehead atoms. The lowest BCUT2D eigenvalue weighted by Crippen LogP contribution is -2.78. The normalized spacial score (nSPS) is 31.8. The number of amides is 2. The quantitative estimate of drug-likeness (QED) is 0.379. The lowest BCUT2D eigenvalue weighted by atomic mass is 9.96. The third kappa shape index (κ3) is 3.16. The van der Waals surface area contributed by atoms with Crippen LogP contribution in [-0.4, -0.2) is 79.9 Å². The number of hydrogen-bond donors (Lipinski definition) is 2. The maximum Gasteiger partial charge on any atom is 0.338 e. The van der Waals surface area contributed by atoms with Crippen molar-refractivity contribution < 1.29 is 43.5 Å². The number of phenolic OH excluding ortho intramolecular Hbond substituents is 1. The van der Waals surface area contributed by atoms with Crippen LogP contribution >= 0.6 is 21.6 Å². The van der Waals surface area contributed by atoms with Crippen LogP contribution < -0.4 is 9.47 Å². The van der Waals surface area contributed by atoms with E-state index in [0.29, 0.717) is 11.3 Å². The number of aromatic hydroxyl groups is 1. The molecule has 6 aliphatic rings. The molecule has 0 aromatic heterocycles. The van der Waals surface area contributed by atoms with Crippen molar-refractivity contribution in [1.29, 1.82) is 0 Å². The molecule has 8 rings (SSSR count). The van der Waals surface area contributed by atoms with Crippen LogP contribution in [0.25, 0.3) is 0 Å². The van der Waals surface area contributed by atoms with E-state index in [-0.39, 0.29) is 34.8 Å². The Bertz CT molecular complexity index is 1560. The molecule has 4 fully saturated rings. The van der Waals surface area contributed by atoms with Crippen molar-refractivity contribution in [1.82, 2.24) is 9.80 Å². The first kappa shape index (κ1) is 25.2. The number of likely N-dealkylation sites (N-methyl/N-ethyl adjacent to an activating group) is 1. The van der Waals surface area contributed by atoms with Crippen LogP contribution in [-0.2, 0) is 25.5 Å². The minimum atomic E-state index is -1.67. The molecule has 5 atom stereocenters. The molecule has 0 saturated carbocycles. The predicted molar refractivity (Wildman–Crippen MR) is 142 cm³/mol. The molecule has 4 saturated heterocycles. The predicted octanol–water partition coefficient (Wildman–Crippen LogP) is 2.53. The number of aliphatic hydroxyl groups is 1. The number of phenols is 1. The summed E-state index contributed by atoms with van der Waals surface area (Å²) in [4.78, 5) is 41.6. The smallest absolute Gasteiger partial charge is 0.338 e. The van der Waals surface area contributed by atoms with Crippen molar-refractivity contribution in [2.45, 2.75) is 34.4 Å². The van der Waals surface area contributed by atoms with Crippen molar-refractivity contribution in [3.05, 3.63) is 71.7 Å². The molecular formula is C27H22N2O9S2. The first-order valence-electron chi connectivity index (χ1n) is 12.3. The molecule has 13 heteroatoms. The molecule has 0 unspecified atom stereocenters. The van der Waals surface area contributed by atoms with Gasteiger partial charge in [0.25, 0.3) is 11.8 Å². The molecule has 0 radical (unpaired) electrons. The highest BCUT2D eigenvalue weighted by Crippen LogP contribution is 2.65. The van der Waals surface area contributed by atoms with Gasteiger partial charge >= 0.3 is 5.97 Å². The molecule has 11 nitrogen and oxygen atoms in total. The Morgan fingerprint density at radius 1 is 1.07 bits per heavy atom. The number of benzene rings is 2. The highest BCUT2D eigenvalue weighted by Gasteiger charge is 2.77. The summed E-state index contributed by atoms with van der Waals surface area (Å²) in [6, 6.07) is 8.14. The summed E-state index contributed by atoms with van der Waals surface area (Å²) >= 11 is 0. The summed E-state index contributed by atoms with van der Waals surface area (Å²) in [7, 11) is 5.29.